The Morgan fingerprint density at radius 3 is 2.69 bits per heavy atom. The maximum Gasteiger partial charge on any atom is 0.418 e. The Kier molecular flexibility index (Phi) is 5.42. The van der Waals surface area contributed by atoms with Crippen molar-refractivity contribution in [1.29, 1.82) is 0 Å². The molecule has 0 aliphatic carbocycles. The van der Waals surface area contributed by atoms with E-state index in [0.717, 1.165) is 18.3 Å². The standard InChI is InChI=1S/C16H17F3N4O2S/c17-16(18,19)14-8-13(23(24)25)2-3-15(14)22-5-1-4-21(6-7-22)9-12-10-26-11-20-12/h2-3,8,10-11H,1,4-7,9H2. The highest BCUT2D eigenvalue weighted by molar-refractivity contribution is 7.07. The van der Waals surface area contributed by atoms with Gasteiger partial charge in [0.15, 0.2) is 0 Å². The molecule has 0 amide bonds. The number of aromatic nitrogens is 1. The van der Waals surface area contributed by atoms with Crippen molar-refractivity contribution in [2.45, 2.75) is 19.1 Å². The molecule has 0 spiro atoms. The van der Waals surface area contributed by atoms with E-state index in [-0.39, 0.29) is 5.69 Å². The lowest BCUT2D eigenvalue weighted by molar-refractivity contribution is -0.385. The third kappa shape index (κ3) is 4.31. The van der Waals surface area contributed by atoms with Crippen molar-refractivity contribution >= 4 is 22.7 Å². The number of hydrogen-bond donors (Lipinski definition) is 0. The van der Waals surface area contributed by atoms with Gasteiger partial charge >= 0.3 is 6.18 Å². The second-order valence-corrected chi connectivity index (χ2v) is 6.77. The number of benzene rings is 1. The van der Waals surface area contributed by atoms with E-state index in [1.807, 2.05) is 5.38 Å². The minimum Gasteiger partial charge on any atom is -0.370 e. The predicted molar refractivity (Wildman–Crippen MR) is 92.3 cm³/mol. The molecule has 1 saturated heterocycles. The van der Waals surface area contributed by atoms with Gasteiger partial charge in [-0.25, -0.2) is 4.98 Å². The first kappa shape index (κ1) is 18.6. The van der Waals surface area contributed by atoms with Crippen LogP contribution in [-0.4, -0.2) is 41.0 Å². The van der Waals surface area contributed by atoms with Crippen molar-refractivity contribution in [3.63, 3.8) is 0 Å². The summed E-state index contributed by atoms with van der Waals surface area (Å²) in [7, 11) is 0. The molecular weight excluding hydrogens is 369 g/mol. The van der Waals surface area contributed by atoms with Crippen LogP contribution in [0.1, 0.15) is 17.7 Å². The summed E-state index contributed by atoms with van der Waals surface area (Å²) >= 11 is 1.51. The molecule has 2 aromatic rings. The van der Waals surface area contributed by atoms with E-state index in [2.05, 4.69) is 9.88 Å². The summed E-state index contributed by atoms with van der Waals surface area (Å²) in [4.78, 5) is 18.1. The fourth-order valence-corrected chi connectivity index (χ4v) is 3.60. The second-order valence-electron chi connectivity index (χ2n) is 6.05. The molecule has 1 aromatic carbocycles. The van der Waals surface area contributed by atoms with Crippen LogP contribution in [0.3, 0.4) is 0 Å². The largest absolute Gasteiger partial charge is 0.418 e. The van der Waals surface area contributed by atoms with Gasteiger partial charge in [-0.05, 0) is 12.5 Å². The zero-order chi connectivity index (χ0) is 18.7. The molecule has 0 N–H and O–H groups in total. The van der Waals surface area contributed by atoms with Crippen LogP contribution in [0.25, 0.3) is 0 Å². The van der Waals surface area contributed by atoms with E-state index in [4.69, 9.17) is 0 Å². The highest BCUT2D eigenvalue weighted by Gasteiger charge is 2.36. The second kappa shape index (κ2) is 7.58. The van der Waals surface area contributed by atoms with Gasteiger partial charge in [0.2, 0.25) is 0 Å². The van der Waals surface area contributed by atoms with Crippen molar-refractivity contribution in [2.24, 2.45) is 0 Å². The van der Waals surface area contributed by atoms with Gasteiger partial charge in [-0.3, -0.25) is 15.0 Å². The third-order valence-corrected chi connectivity index (χ3v) is 4.93. The van der Waals surface area contributed by atoms with E-state index < -0.39 is 22.4 Å². The molecule has 0 atom stereocenters. The van der Waals surface area contributed by atoms with Crippen molar-refractivity contribution < 1.29 is 18.1 Å². The molecule has 0 unspecified atom stereocenters. The highest BCUT2D eigenvalue weighted by Crippen LogP contribution is 2.39. The molecule has 0 bridgehead atoms. The Hall–Kier alpha value is -2.20. The Morgan fingerprint density at radius 2 is 2.04 bits per heavy atom. The van der Waals surface area contributed by atoms with Gasteiger partial charge in [0.05, 0.1) is 21.7 Å². The molecule has 1 aliphatic rings. The van der Waals surface area contributed by atoms with E-state index in [9.17, 15) is 23.3 Å². The molecule has 2 heterocycles. The predicted octanol–water partition coefficient (Wildman–Crippen LogP) is 3.78. The smallest absolute Gasteiger partial charge is 0.370 e. The number of halogens is 3. The number of thiazole rings is 1. The summed E-state index contributed by atoms with van der Waals surface area (Å²) in [6.45, 7) is 2.93. The van der Waals surface area contributed by atoms with Crippen molar-refractivity contribution in [3.8, 4) is 0 Å². The minimum atomic E-state index is -4.64. The van der Waals surface area contributed by atoms with Crippen molar-refractivity contribution in [1.82, 2.24) is 9.88 Å². The van der Waals surface area contributed by atoms with Gasteiger partial charge in [0, 0.05) is 55.9 Å². The summed E-state index contributed by atoms with van der Waals surface area (Å²) < 4.78 is 40.2. The zero-order valence-electron chi connectivity index (χ0n) is 13.8. The minimum absolute atomic E-state index is 0.00129. The van der Waals surface area contributed by atoms with Gasteiger partial charge in [0.25, 0.3) is 5.69 Å². The summed E-state index contributed by atoms with van der Waals surface area (Å²) in [5.74, 6) is 0. The maximum absolute atomic E-state index is 13.4. The quantitative estimate of drug-likeness (QED) is 0.591. The van der Waals surface area contributed by atoms with Gasteiger partial charge in [0.1, 0.15) is 0 Å². The average molecular weight is 386 g/mol. The van der Waals surface area contributed by atoms with Gasteiger partial charge in [-0.1, -0.05) is 0 Å². The van der Waals surface area contributed by atoms with E-state index in [1.54, 1.807) is 10.4 Å². The summed E-state index contributed by atoms with van der Waals surface area (Å²) in [5.41, 5.74) is 1.19. The van der Waals surface area contributed by atoms with Crippen LogP contribution in [0.5, 0.6) is 0 Å². The average Bonchev–Trinajstić information content (AvgIpc) is 2.98. The summed E-state index contributed by atoms with van der Waals surface area (Å²) in [5, 5.41) is 12.8. The van der Waals surface area contributed by atoms with E-state index in [1.165, 1.54) is 17.4 Å². The summed E-state index contributed by atoms with van der Waals surface area (Å²) in [6.07, 6.45) is -3.94. The van der Waals surface area contributed by atoms with E-state index in [0.29, 0.717) is 38.7 Å². The summed E-state index contributed by atoms with van der Waals surface area (Å²) in [6, 6.07) is 2.95. The van der Waals surface area contributed by atoms with Gasteiger partial charge in [-0.2, -0.15) is 13.2 Å². The molecule has 0 radical (unpaired) electrons. The Labute approximate surface area is 152 Å². The Morgan fingerprint density at radius 1 is 1.23 bits per heavy atom. The number of anilines is 1. The van der Waals surface area contributed by atoms with Crippen LogP contribution < -0.4 is 4.90 Å². The number of rotatable bonds is 4. The molecule has 1 fully saturated rings. The van der Waals surface area contributed by atoms with E-state index >= 15 is 0 Å². The lowest BCUT2D eigenvalue weighted by atomic mass is 10.1. The molecule has 26 heavy (non-hydrogen) atoms. The van der Waals surface area contributed by atoms with Crippen LogP contribution in [0.2, 0.25) is 0 Å². The van der Waals surface area contributed by atoms with Crippen LogP contribution in [0.15, 0.2) is 29.1 Å². The first-order chi connectivity index (χ1) is 12.3. The zero-order valence-corrected chi connectivity index (χ0v) is 14.6. The fraction of sp³-hybridized carbons (Fsp3) is 0.438. The monoisotopic (exact) mass is 386 g/mol. The molecule has 1 aliphatic heterocycles. The number of alkyl halides is 3. The first-order valence-electron chi connectivity index (χ1n) is 8.04. The van der Waals surface area contributed by atoms with Crippen LogP contribution in [-0.2, 0) is 12.7 Å². The van der Waals surface area contributed by atoms with Gasteiger partial charge in [-0.15, -0.1) is 11.3 Å². The highest BCUT2D eigenvalue weighted by atomic mass is 32.1. The number of nitro groups is 1. The lowest BCUT2D eigenvalue weighted by Crippen LogP contribution is -2.31. The molecule has 10 heteroatoms. The van der Waals surface area contributed by atoms with Crippen LogP contribution >= 0.6 is 11.3 Å². The third-order valence-electron chi connectivity index (χ3n) is 4.29. The van der Waals surface area contributed by atoms with Gasteiger partial charge < -0.3 is 4.90 Å². The topological polar surface area (TPSA) is 62.5 Å². The fourth-order valence-electron chi connectivity index (χ4n) is 3.06. The Bertz CT molecular complexity index is 767. The lowest BCUT2D eigenvalue weighted by Gasteiger charge is -2.26. The SMILES string of the molecule is O=[N+]([O-])c1ccc(N2CCCN(Cc3cscn3)CC2)c(C(F)(F)F)c1. The molecule has 6 nitrogen and oxygen atoms in total. The molecule has 0 saturated carbocycles. The molecule has 140 valence electrons. The Balaban J connectivity index is 1.79. The number of nitrogens with zero attached hydrogens (tertiary/aromatic N) is 4. The van der Waals surface area contributed by atoms with Crippen molar-refractivity contribution in [2.75, 3.05) is 31.1 Å². The molecular formula is C16H17F3N4O2S. The van der Waals surface area contributed by atoms with Crippen LogP contribution in [0, 0.1) is 10.1 Å². The number of non-ortho nitro benzene ring substituents is 1. The normalized spacial score (nSPS) is 16.5. The van der Waals surface area contributed by atoms with Crippen LogP contribution in [0.4, 0.5) is 24.5 Å². The molecule has 3 rings (SSSR count). The molecule has 1 aromatic heterocycles. The number of nitro benzene ring substituents is 1. The first-order valence-corrected chi connectivity index (χ1v) is 8.99. The number of hydrogen-bond acceptors (Lipinski definition) is 6. The van der Waals surface area contributed by atoms with Crippen molar-refractivity contribution in [3.05, 3.63) is 50.5 Å². The maximum atomic E-state index is 13.4.